The van der Waals surface area contributed by atoms with Gasteiger partial charge in [-0.1, -0.05) is 22.0 Å². The molecule has 0 aromatic heterocycles. The predicted molar refractivity (Wildman–Crippen MR) is 111 cm³/mol. The third-order valence-electron chi connectivity index (χ3n) is 4.10. The number of halogens is 2. The van der Waals surface area contributed by atoms with Crippen molar-refractivity contribution in [3.63, 3.8) is 0 Å². The average Bonchev–Trinajstić information content (AvgIpc) is 2.96. The van der Waals surface area contributed by atoms with Crippen LogP contribution < -0.4 is 5.32 Å². The molecule has 1 aromatic rings. The number of ether oxygens (including phenoxy) is 1. The van der Waals surface area contributed by atoms with Crippen LogP contribution in [0.25, 0.3) is 0 Å². The van der Waals surface area contributed by atoms with Crippen molar-refractivity contribution in [2.45, 2.75) is 26.8 Å². The lowest BCUT2D eigenvalue weighted by atomic mass is 10.1. The molecule has 1 aromatic carbocycles. The van der Waals surface area contributed by atoms with Crippen molar-refractivity contribution in [1.82, 2.24) is 10.2 Å². The first-order chi connectivity index (χ1) is 10.6. The van der Waals surface area contributed by atoms with Crippen molar-refractivity contribution in [2.75, 3.05) is 33.4 Å². The third kappa shape index (κ3) is 6.23. The topological polar surface area (TPSA) is 36.9 Å². The molecule has 0 bridgehead atoms. The highest BCUT2D eigenvalue weighted by atomic mass is 127. The summed E-state index contributed by atoms with van der Waals surface area (Å²) in [5.41, 5.74) is 2.59. The molecule has 1 unspecified atom stereocenters. The molecule has 2 rings (SSSR count). The zero-order valence-electron chi connectivity index (χ0n) is 14.1. The fraction of sp³-hybridized carbons (Fsp3) is 0.588. The van der Waals surface area contributed by atoms with Crippen molar-refractivity contribution < 1.29 is 4.74 Å². The van der Waals surface area contributed by atoms with Crippen LogP contribution in [0.3, 0.4) is 0 Å². The molecule has 1 N–H and O–H groups in total. The fourth-order valence-electron chi connectivity index (χ4n) is 2.81. The molecule has 130 valence electrons. The van der Waals surface area contributed by atoms with Gasteiger partial charge in [0.25, 0.3) is 0 Å². The number of benzene rings is 1. The summed E-state index contributed by atoms with van der Waals surface area (Å²) in [6.07, 6.45) is 1.18. The van der Waals surface area contributed by atoms with Crippen LogP contribution in [0.15, 0.2) is 27.7 Å². The Morgan fingerprint density at radius 3 is 2.91 bits per heavy atom. The van der Waals surface area contributed by atoms with Crippen molar-refractivity contribution in [1.29, 1.82) is 0 Å². The lowest BCUT2D eigenvalue weighted by molar-refractivity contribution is 0.114. The molecular formula is C17H27BrIN3O. The minimum atomic E-state index is 0. The SMILES string of the molecule is CCOCC1CCN(C(=NC)NCc2ccc(Br)cc2C)C1.I. The lowest BCUT2D eigenvalue weighted by Crippen LogP contribution is -2.40. The molecule has 1 heterocycles. The first-order valence-electron chi connectivity index (χ1n) is 7.92. The van der Waals surface area contributed by atoms with E-state index in [1.165, 1.54) is 17.5 Å². The number of guanidine groups is 1. The standard InChI is InChI=1S/C17H26BrN3O.HI/c1-4-22-12-14-7-8-21(11-14)17(19-3)20-10-15-5-6-16(18)9-13(15)2;/h5-6,9,14H,4,7-8,10-12H2,1-3H3,(H,19,20);1H. The summed E-state index contributed by atoms with van der Waals surface area (Å²) in [6.45, 7) is 8.72. The Bertz CT molecular complexity index is 525. The van der Waals surface area contributed by atoms with E-state index in [0.717, 1.165) is 43.3 Å². The molecule has 6 heteroatoms. The third-order valence-corrected chi connectivity index (χ3v) is 4.59. The van der Waals surface area contributed by atoms with E-state index in [-0.39, 0.29) is 24.0 Å². The van der Waals surface area contributed by atoms with E-state index in [0.29, 0.717) is 5.92 Å². The van der Waals surface area contributed by atoms with Gasteiger partial charge in [-0.2, -0.15) is 0 Å². The summed E-state index contributed by atoms with van der Waals surface area (Å²) in [7, 11) is 1.85. The van der Waals surface area contributed by atoms with Crippen LogP contribution in [0.5, 0.6) is 0 Å². The van der Waals surface area contributed by atoms with Gasteiger partial charge < -0.3 is 15.0 Å². The van der Waals surface area contributed by atoms with Gasteiger partial charge in [-0.3, -0.25) is 4.99 Å². The Balaban J connectivity index is 0.00000264. The quantitative estimate of drug-likeness (QED) is 0.383. The smallest absolute Gasteiger partial charge is 0.193 e. The van der Waals surface area contributed by atoms with Crippen LogP contribution in [0, 0.1) is 12.8 Å². The van der Waals surface area contributed by atoms with Gasteiger partial charge in [-0.15, -0.1) is 24.0 Å². The molecule has 23 heavy (non-hydrogen) atoms. The zero-order valence-corrected chi connectivity index (χ0v) is 18.1. The van der Waals surface area contributed by atoms with E-state index in [1.54, 1.807) is 0 Å². The minimum absolute atomic E-state index is 0. The molecule has 0 saturated carbocycles. The van der Waals surface area contributed by atoms with Crippen LogP contribution in [-0.2, 0) is 11.3 Å². The second-order valence-electron chi connectivity index (χ2n) is 5.73. The van der Waals surface area contributed by atoms with Crippen molar-refractivity contribution in [3.05, 3.63) is 33.8 Å². The molecule has 1 saturated heterocycles. The van der Waals surface area contributed by atoms with Crippen molar-refractivity contribution in [3.8, 4) is 0 Å². The Morgan fingerprint density at radius 2 is 2.26 bits per heavy atom. The van der Waals surface area contributed by atoms with Crippen LogP contribution in [-0.4, -0.2) is 44.2 Å². The molecule has 1 fully saturated rings. The van der Waals surface area contributed by atoms with Crippen LogP contribution in [0.2, 0.25) is 0 Å². The van der Waals surface area contributed by atoms with Crippen LogP contribution in [0.4, 0.5) is 0 Å². The molecule has 1 aliphatic rings. The highest BCUT2D eigenvalue weighted by molar-refractivity contribution is 14.0. The van der Waals surface area contributed by atoms with E-state index in [2.05, 4.69) is 56.3 Å². The molecule has 0 spiro atoms. The van der Waals surface area contributed by atoms with Crippen molar-refractivity contribution >= 4 is 45.9 Å². The second kappa shape index (κ2) is 10.5. The summed E-state index contributed by atoms with van der Waals surface area (Å²) in [6, 6.07) is 6.38. The minimum Gasteiger partial charge on any atom is -0.381 e. The second-order valence-corrected chi connectivity index (χ2v) is 6.65. The molecule has 4 nitrogen and oxygen atoms in total. The van der Waals surface area contributed by atoms with E-state index in [1.807, 2.05) is 14.0 Å². The van der Waals surface area contributed by atoms with Crippen LogP contribution >= 0.6 is 39.9 Å². The summed E-state index contributed by atoms with van der Waals surface area (Å²) in [5.74, 6) is 1.61. The maximum Gasteiger partial charge on any atom is 0.193 e. The monoisotopic (exact) mass is 495 g/mol. The van der Waals surface area contributed by atoms with Gasteiger partial charge in [-0.05, 0) is 43.5 Å². The average molecular weight is 496 g/mol. The Hall–Kier alpha value is -0.340. The van der Waals surface area contributed by atoms with Gasteiger partial charge >= 0.3 is 0 Å². The Morgan fingerprint density at radius 1 is 1.48 bits per heavy atom. The first kappa shape index (κ1) is 20.7. The number of nitrogens with zero attached hydrogens (tertiary/aromatic N) is 2. The predicted octanol–water partition coefficient (Wildman–Crippen LogP) is 3.81. The molecule has 0 radical (unpaired) electrons. The van der Waals surface area contributed by atoms with Crippen LogP contribution in [0.1, 0.15) is 24.5 Å². The highest BCUT2D eigenvalue weighted by Gasteiger charge is 2.24. The largest absolute Gasteiger partial charge is 0.381 e. The van der Waals surface area contributed by atoms with E-state index < -0.39 is 0 Å². The van der Waals surface area contributed by atoms with Gasteiger partial charge in [0.1, 0.15) is 0 Å². The summed E-state index contributed by atoms with van der Waals surface area (Å²) in [5, 5.41) is 3.48. The number of hydrogen-bond donors (Lipinski definition) is 1. The normalized spacial score (nSPS) is 18.0. The number of aliphatic imine (C=N–C) groups is 1. The van der Waals surface area contributed by atoms with E-state index in [9.17, 15) is 0 Å². The Labute approximate surface area is 165 Å². The first-order valence-corrected chi connectivity index (χ1v) is 8.71. The zero-order chi connectivity index (χ0) is 15.9. The molecule has 0 amide bonds. The summed E-state index contributed by atoms with van der Waals surface area (Å²) < 4.78 is 6.67. The van der Waals surface area contributed by atoms with E-state index in [4.69, 9.17) is 4.74 Å². The molecular weight excluding hydrogens is 469 g/mol. The van der Waals surface area contributed by atoms with Gasteiger partial charge in [-0.25, -0.2) is 0 Å². The fourth-order valence-corrected chi connectivity index (χ4v) is 3.29. The van der Waals surface area contributed by atoms with Gasteiger partial charge in [0, 0.05) is 43.7 Å². The lowest BCUT2D eigenvalue weighted by Gasteiger charge is -2.22. The van der Waals surface area contributed by atoms with Gasteiger partial charge in [0.2, 0.25) is 0 Å². The van der Waals surface area contributed by atoms with Gasteiger partial charge in [0.15, 0.2) is 5.96 Å². The summed E-state index contributed by atoms with van der Waals surface area (Å²) >= 11 is 3.51. The maximum absolute atomic E-state index is 5.54. The van der Waals surface area contributed by atoms with Gasteiger partial charge in [0.05, 0.1) is 6.61 Å². The molecule has 0 aliphatic carbocycles. The Kier molecular flexibility index (Phi) is 9.46. The summed E-state index contributed by atoms with van der Waals surface area (Å²) in [4.78, 5) is 6.76. The van der Waals surface area contributed by atoms with E-state index >= 15 is 0 Å². The molecule has 1 aliphatic heterocycles. The number of hydrogen-bond acceptors (Lipinski definition) is 2. The maximum atomic E-state index is 5.54. The number of nitrogens with one attached hydrogen (secondary N) is 1. The molecule has 1 atom stereocenters. The number of aryl methyl sites for hydroxylation is 1. The number of rotatable bonds is 5. The number of likely N-dealkylation sites (tertiary alicyclic amines) is 1. The van der Waals surface area contributed by atoms with Crippen molar-refractivity contribution in [2.24, 2.45) is 10.9 Å². The highest BCUT2D eigenvalue weighted by Crippen LogP contribution is 2.18.